The highest BCUT2D eigenvalue weighted by molar-refractivity contribution is 5.92. The maximum atomic E-state index is 13.4. The highest BCUT2D eigenvalue weighted by Gasteiger charge is 2.23. The average molecular weight is 266 g/mol. The fraction of sp³-hybridized carbons (Fsp3) is 0.533. The number of rotatable bonds is 4. The third-order valence-corrected chi connectivity index (χ3v) is 2.95. The number of hydrogen-bond acceptors (Lipinski definition) is 2. The number of anilines is 1. The molecule has 1 aromatic rings. The van der Waals surface area contributed by atoms with Gasteiger partial charge in [-0.3, -0.25) is 4.79 Å². The van der Waals surface area contributed by atoms with Gasteiger partial charge in [0.2, 0.25) is 5.91 Å². The summed E-state index contributed by atoms with van der Waals surface area (Å²) in [5.41, 5.74) is 6.71. The van der Waals surface area contributed by atoms with Crippen molar-refractivity contribution in [2.45, 2.75) is 34.1 Å². The first-order chi connectivity index (χ1) is 8.73. The Morgan fingerprint density at radius 1 is 1.42 bits per heavy atom. The van der Waals surface area contributed by atoms with E-state index in [4.69, 9.17) is 5.73 Å². The molecule has 19 heavy (non-hydrogen) atoms. The van der Waals surface area contributed by atoms with E-state index in [0.717, 1.165) is 0 Å². The van der Waals surface area contributed by atoms with Gasteiger partial charge in [0.25, 0.3) is 0 Å². The fourth-order valence-electron chi connectivity index (χ4n) is 1.94. The van der Waals surface area contributed by atoms with E-state index in [0.29, 0.717) is 17.7 Å². The maximum Gasteiger partial charge on any atom is 0.228 e. The second-order valence-electron chi connectivity index (χ2n) is 6.15. The zero-order valence-electron chi connectivity index (χ0n) is 12.1. The van der Waals surface area contributed by atoms with Gasteiger partial charge in [0.1, 0.15) is 5.82 Å². The molecule has 0 spiro atoms. The Balaban J connectivity index is 2.74. The lowest BCUT2D eigenvalue weighted by Crippen LogP contribution is -2.32. The molecular weight excluding hydrogens is 243 g/mol. The Morgan fingerprint density at radius 2 is 2.05 bits per heavy atom. The number of aryl methyl sites for hydroxylation is 1. The van der Waals surface area contributed by atoms with Crippen LogP contribution in [-0.2, 0) is 4.79 Å². The molecule has 1 unspecified atom stereocenters. The van der Waals surface area contributed by atoms with Crippen LogP contribution in [0.1, 0.15) is 32.8 Å². The van der Waals surface area contributed by atoms with Gasteiger partial charge >= 0.3 is 0 Å². The van der Waals surface area contributed by atoms with Crippen molar-refractivity contribution < 1.29 is 9.18 Å². The van der Waals surface area contributed by atoms with Crippen molar-refractivity contribution in [1.82, 2.24) is 0 Å². The first-order valence-corrected chi connectivity index (χ1v) is 6.50. The van der Waals surface area contributed by atoms with Crippen LogP contribution in [0.15, 0.2) is 18.2 Å². The van der Waals surface area contributed by atoms with E-state index in [9.17, 15) is 9.18 Å². The normalized spacial score (nSPS) is 13.2. The van der Waals surface area contributed by atoms with Crippen LogP contribution in [-0.4, -0.2) is 12.5 Å². The molecule has 0 aliphatic rings. The molecule has 0 bridgehead atoms. The van der Waals surface area contributed by atoms with Crippen LogP contribution in [0.4, 0.5) is 10.1 Å². The van der Waals surface area contributed by atoms with E-state index in [-0.39, 0.29) is 29.6 Å². The molecule has 0 saturated carbocycles. The Bertz CT molecular complexity index is 452. The molecule has 1 atom stereocenters. The molecule has 1 amide bonds. The number of carbonyl (C=O) groups excluding carboxylic acids is 1. The highest BCUT2D eigenvalue weighted by Crippen LogP contribution is 2.25. The van der Waals surface area contributed by atoms with Crippen molar-refractivity contribution >= 4 is 11.6 Å². The Kier molecular flexibility index (Phi) is 5.06. The van der Waals surface area contributed by atoms with E-state index in [1.54, 1.807) is 19.1 Å². The van der Waals surface area contributed by atoms with Crippen molar-refractivity contribution in [3.63, 3.8) is 0 Å². The van der Waals surface area contributed by atoms with Crippen LogP contribution >= 0.6 is 0 Å². The fourth-order valence-corrected chi connectivity index (χ4v) is 1.94. The lowest BCUT2D eigenvalue weighted by atomic mass is 9.84. The summed E-state index contributed by atoms with van der Waals surface area (Å²) in [5, 5.41) is 2.72. The van der Waals surface area contributed by atoms with Crippen LogP contribution in [0, 0.1) is 24.1 Å². The van der Waals surface area contributed by atoms with Gasteiger partial charge in [0.15, 0.2) is 0 Å². The van der Waals surface area contributed by atoms with Gasteiger partial charge in [-0.1, -0.05) is 26.8 Å². The minimum atomic E-state index is -0.321. The number of amides is 1. The van der Waals surface area contributed by atoms with Gasteiger partial charge < -0.3 is 11.1 Å². The molecule has 106 valence electrons. The minimum Gasteiger partial charge on any atom is -0.330 e. The zero-order chi connectivity index (χ0) is 14.6. The van der Waals surface area contributed by atoms with Crippen molar-refractivity contribution in [1.29, 1.82) is 0 Å². The summed E-state index contributed by atoms with van der Waals surface area (Å²) in [7, 11) is 0. The van der Waals surface area contributed by atoms with Crippen LogP contribution in [0.3, 0.4) is 0 Å². The van der Waals surface area contributed by atoms with Gasteiger partial charge in [0.05, 0.1) is 5.92 Å². The van der Waals surface area contributed by atoms with Crippen molar-refractivity contribution in [3.05, 3.63) is 29.6 Å². The highest BCUT2D eigenvalue weighted by atomic mass is 19.1. The summed E-state index contributed by atoms with van der Waals surface area (Å²) in [6, 6.07) is 4.67. The number of halogens is 1. The Labute approximate surface area is 114 Å². The standard InChI is InChI=1S/C15H23FN2O/c1-10-5-6-12(7-13(10)16)18-14(19)11(9-17)8-15(2,3)4/h5-7,11H,8-9,17H2,1-4H3,(H,18,19). The first-order valence-electron chi connectivity index (χ1n) is 6.50. The van der Waals surface area contributed by atoms with Gasteiger partial charge in [-0.2, -0.15) is 0 Å². The molecule has 4 heteroatoms. The van der Waals surface area contributed by atoms with E-state index in [2.05, 4.69) is 26.1 Å². The molecule has 1 rings (SSSR count). The third-order valence-electron chi connectivity index (χ3n) is 2.95. The van der Waals surface area contributed by atoms with Gasteiger partial charge in [-0.25, -0.2) is 4.39 Å². The van der Waals surface area contributed by atoms with Crippen molar-refractivity contribution in [2.24, 2.45) is 17.1 Å². The summed E-state index contributed by atoms with van der Waals surface area (Å²) >= 11 is 0. The molecule has 0 saturated heterocycles. The molecule has 3 nitrogen and oxygen atoms in total. The van der Waals surface area contributed by atoms with E-state index >= 15 is 0 Å². The van der Waals surface area contributed by atoms with Gasteiger partial charge in [0, 0.05) is 12.2 Å². The van der Waals surface area contributed by atoms with Crippen molar-refractivity contribution in [3.8, 4) is 0 Å². The maximum absolute atomic E-state index is 13.4. The molecule has 3 N–H and O–H groups in total. The summed E-state index contributed by atoms with van der Waals surface area (Å²) in [5.74, 6) is -0.733. The number of nitrogens with one attached hydrogen (secondary N) is 1. The number of carbonyl (C=O) groups is 1. The molecule has 0 aliphatic heterocycles. The summed E-state index contributed by atoms with van der Waals surface area (Å²) < 4.78 is 13.4. The topological polar surface area (TPSA) is 55.1 Å². The minimum absolute atomic E-state index is 0.0277. The van der Waals surface area contributed by atoms with Crippen LogP contribution in [0.25, 0.3) is 0 Å². The van der Waals surface area contributed by atoms with Gasteiger partial charge in [-0.15, -0.1) is 0 Å². The zero-order valence-corrected chi connectivity index (χ0v) is 12.1. The average Bonchev–Trinajstić information content (AvgIpc) is 2.29. The van der Waals surface area contributed by atoms with E-state index in [1.807, 2.05) is 0 Å². The first kappa shape index (κ1) is 15.6. The number of nitrogens with two attached hydrogens (primary N) is 1. The van der Waals surface area contributed by atoms with E-state index in [1.165, 1.54) is 6.07 Å². The third kappa shape index (κ3) is 4.99. The number of hydrogen-bond donors (Lipinski definition) is 2. The SMILES string of the molecule is Cc1ccc(NC(=O)C(CN)CC(C)(C)C)cc1F. The molecule has 0 heterocycles. The molecule has 0 radical (unpaired) electrons. The summed E-state index contributed by atoms with van der Waals surface area (Å²) in [4.78, 5) is 12.1. The van der Waals surface area contributed by atoms with Crippen LogP contribution in [0.5, 0.6) is 0 Å². The Hall–Kier alpha value is -1.42. The van der Waals surface area contributed by atoms with Crippen molar-refractivity contribution in [2.75, 3.05) is 11.9 Å². The Morgan fingerprint density at radius 3 is 2.53 bits per heavy atom. The molecule has 1 aromatic carbocycles. The predicted molar refractivity (Wildman–Crippen MR) is 76.4 cm³/mol. The smallest absolute Gasteiger partial charge is 0.228 e. The monoisotopic (exact) mass is 266 g/mol. The molecular formula is C15H23FN2O. The van der Waals surface area contributed by atoms with Gasteiger partial charge in [-0.05, 0) is 36.5 Å². The second kappa shape index (κ2) is 6.15. The summed E-state index contributed by atoms with van der Waals surface area (Å²) in [6.45, 7) is 8.16. The number of benzene rings is 1. The molecule has 0 aromatic heterocycles. The van der Waals surface area contributed by atoms with Crippen LogP contribution in [0.2, 0.25) is 0 Å². The predicted octanol–water partition coefficient (Wildman–Crippen LogP) is 3.08. The van der Waals surface area contributed by atoms with Crippen LogP contribution < -0.4 is 11.1 Å². The summed E-state index contributed by atoms with van der Waals surface area (Å²) in [6.07, 6.45) is 0.698. The second-order valence-corrected chi connectivity index (χ2v) is 6.15. The lowest BCUT2D eigenvalue weighted by Gasteiger charge is -2.24. The van der Waals surface area contributed by atoms with E-state index < -0.39 is 0 Å². The largest absolute Gasteiger partial charge is 0.330 e. The molecule has 0 fully saturated rings. The molecule has 0 aliphatic carbocycles. The lowest BCUT2D eigenvalue weighted by molar-refractivity contribution is -0.120. The quantitative estimate of drug-likeness (QED) is 0.880.